The van der Waals surface area contributed by atoms with Crippen molar-refractivity contribution in [2.45, 2.75) is 6.92 Å². The zero-order valence-corrected chi connectivity index (χ0v) is 9.09. The van der Waals surface area contributed by atoms with Crippen LogP contribution in [-0.2, 0) is 0 Å². The third-order valence-electron chi connectivity index (χ3n) is 2.13. The van der Waals surface area contributed by atoms with E-state index in [9.17, 15) is 0 Å². The van der Waals surface area contributed by atoms with Gasteiger partial charge in [-0.05, 0) is 24.6 Å². The Kier molecular flexibility index (Phi) is 3.28. The molecule has 0 aliphatic heterocycles. The summed E-state index contributed by atoms with van der Waals surface area (Å²) in [5.74, 6) is 0.742. The van der Waals surface area contributed by atoms with E-state index in [0.29, 0.717) is 0 Å². The topological polar surface area (TPSA) is 37.3 Å². The number of nitrogens with zero attached hydrogens (tertiary/aromatic N) is 2. The zero-order valence-electron chi connectivity index (χ0n) is 9.09. The van der Waals surface area contributed by atoms with Crippen LogP contribution in [0, 0.1) is 6.92 Å². The molecule has 1 aromatic heterocycles. The number of nitrogens with one attached hydrogen (secondary N) is 1. The van der Waals surface area contributed by atoms with Crippen LogP contribution in [0.2, 0.25) is 0 Å². The predicted molar refractivity (Wildman–Crippen MR) is 66.6 cm³/mol. The first-order chi connectivity index (χ1) is 7.84. The molecule has 1 heterocycles. The normalized spacial score (nSPS) is 10.6. The summed E-state index contributed by atoms with van der Waals surface area (Å²) in [7, 11) is 0. The summed E-state index contributed by atoms with van der Waals surface area (Å²) in [5, 5.41) is 4.10. The Morgan fingerprint density at radius 3 is 2.62 bits per heavy atom. The molecule has 0 saturated carbocycles. The lowest BCUT2D eigenvalue weighted by molar-refractivity contribution is 1.23. The molecule has 0 bridgehead atoms. The van der Waals surface area contributed by atoms with E-state index in [-0.39, 0.29) is 0 Å². The Morgan fingerprint density at radius 1 is 1.12 bits per heavy atom. The minimum Gasteiger partial charge on any atom is -0.261 e. The lowest BCUT2D eigenvalue weighted by Crippen LogP contribution is -1.92. The van der Waals surface area contributed by atoms with Crippen molar-refractivity contribution in [3.63, 3.8) is 0 Å². The van der Waals surface area contributed by atoms with Crippen LogP contribution >= 0.6 is 0 Å². The van der Waals surface area contributed by atoms with Gasteiger partial charge in [-0.15, -0.1) is 0 Å². The molecule has 2 rings (SSSR count). The van der Waals surface area contributed by atoms with Crippen molar-refractivity contribution in [1.29, 1.82) is 0 Å². The van der Waals surface area contributed by atoms with Gasteiger partial charge in [0.1, 0.15) is 5.82 Å². The second kappa shape index (κ2) is 5.07. The fraction of sp³-hybridized carbons (Fsp3) is 0.0769. The quantitative estimate of drug-likeness (QED) is 0.626. The van der Waals surface area contributed by atoms with Gasteiger partial charge >= 0.3 is 0 Å². The Bertz CT molecular complexity index is 460. The van der Waals surface area contributed by atoms with Gasteiger partial charge in [-0.2, -0.15) is 5.10 Å². The molecular formula is C13H13N3. The highest BCUT2D eigenvalue weighted by molar-refractivity contribution is 5.80. The SMILES string of the molecule is Cc1ccc(/C=N\Nc2ccccn2)cc1. The van der Waals surface area contributed by atoms with Gasteiger partial charge in [-0.3, -0.25) is 5.43 Å². The number of rotatable bonds is 3. The number of hydrazone groups is 1. The van der Waals surface area contributed by atoms with Crippen LogP contribution in [-0.4, -0.2) is 11.2 Å². The molecule has 0 aliphatic rings. The highest BCUT2D eigenvalue weighted by atomic mass is 15.3. The molecule has 80 valence electrons. The van der Waals surface area contributed by atoms with Gasteiger partial charge in [0.05, 0.1) is 6.21 Å². The average Bonchev–Trinajstić information content (AvgIpc) is 2.33. The van der Waals surface area contributed by atoms with Crippen LogP contribution < -0.4 is 5.43 Å². The largest absolute Gasteiger partial charge is 0.261 e. The summed E-state index contributed by atoms with van der Waals surface area (Å²) < 4.78 is 0. The van der Waals surface area contributed by atoms with Crippen molar-refractivity contribution in [3.8, 4) is 0 Å². The van der Waals surface area contributed by atoms with Crippen LogP contribution in [0.3, 0.4) is 0 Å². The maximum absolute atomic E-state index is 4.10. The Balaban J connectivity index is 1.98. The van der Waals surface area contributed by atoms with E-state index in [0.717, 1.165) is 11.4 Å². The summed E-state index contributed by atoms with van der Waals surface area (Å²) in [6.07, 6.45) is 3.50. The first-order valence-electron chi connectivity index (χ1n) is 5.11. The van der Waals surface area contributed by atoms with Gasteiger partial charge in [0.15, 0.2) is 0 Å². The maximum atomic E-state index is 4.10. The van der Waals surface area contributed by atoms with E-state index in [1.165, 1.54) is 5.56 Å². The molecule has 0 amide bonds. The van der Waals surface area contributed by atoms with Gasteiger partial charge < -0.3 is 0 Å². The van der Waals surface area contributed by atoms with E-state index >= 15 is 0 Å². The van der Waals surface area contributed by atoms with Gasteiger partial charge in [0.25, 0.3) is 0 Å². The minimum atomic E-state index is 0.742. The summed E-state index contributed by atoms with van der Waals surface area (Å²) in [6.45, 7) is 2.06. The second-order valence-electron chi connectivity index (χ2n) is 3.50. The molecule has 16 heavy (non-hydrogen) atoms. The lowest BCUT2D eigenvalue weighted by atomic mass is 10.2. The van der Waals surface area contributed by atoms with Gasteiger partial charge in [-0.25, -0.2) is 4.98 Å². The van der Waals surface area contributed by atoms with Gasteiger partial charge in [0.2, 0.25) is 0 Å². The molecule has 0 aliphatic carbocycles. The first-order valence-corrected chi connectivity index (χ1v) is 5.11. The molecule has 2 aromatic rings. The second-order valence-corrected chi connectivity index (χ2v) is 3.50. The van der Waals surface area contributed by atoms with Crippen LogP contribution in [0.15, 0.2) is 53.8 Å². The molecule has 3 heteroatoms. The van der Waals surface area contributed by atoms with Gasteiger partial charge in [-0.1, -0.05) is 35.9 Å². The molecular weight excluding hydrogens is 198 g/mol. The van der Waals surface area contributed by atoms with Crippen molar-refractivity contribution in [2.24, 2.45) is 5.10 Å². The Morgan fingerprint density at radius 2 is 1.94 bits per heavy atom. The van der Waals surface area contributed by atoms with E-state index in [1.54, 1.807) is 12.4 Å². The number of pyridine rings is 1. The molecule has 1 N–H and O–H groups in total. The molecule has 0 radical (unpaired) electrons. The number of benzene rings is 1. The minimum absolute atomic E-state index is 0.742. The summed E-state index contributed by atoms with van der Waals surface area (Å²) in [4.78, 5) is 4.10. The molecule has 0 saturated heterocycles. The molecule has 3 nitrogen and oxygen atoms in total. The highest BCUT2D eigenvalue weighted by Gasteiger charge is 1.88. The predicted octanol–water partition coefficient (Wildman–Crippen LogP) is 2.84. The summed E-state index contributed by atoms with van der Waals surface area (Å²) in [5.41, 5.74) is 5.18. The third-order valence-corrected chi connectivity index (χ3v) is 2.13. The van der Waals surface area contributed by atoms with Crippen molar-refractivity contribution in [2.75, 3.05) is 5.43 Å². The monoisotopic (exact) mass is 211 g/mol. The standard InChI is InChI=1S/C13H13N3/c1-11-5-7-12(8-6-11)10-15-16-13-4-2-3-9-14-13/h2-10H,1H3,(H,14,16)/b15-10-. The van der Waals surface area contributed by atoms with Crippen molar-refractivity contribution < 1.29 is 0 Å². The van der Waals surface area contributed by atoms with Crippen molar-refractivity contribution in [3.05, 3.63) is 59.8 Å². The van der Waals surface area contributed by atoms with E-state index in [2.05, 4.69) is 34.6 Å². The fourth-order valence-electron chi connectivity index (χ4n) is 1.25. The maximum Gasteiger partial charge on any atom is 0.146 e. The van der Waals surface area contributed by atoms with E-state index < -0.39 is 0 Å². The van der Waals surface area contributed by atoms with Gasteiger partial charge in [0, 0.05) is 6.20 Å². The average molecular weight is 211 g/mol. The van der Waals surface area contributed by atoms with Crippen LogP contribution in [0.4, 0.5) is 5.82 Å². The fourth-order valence-corrected chi connectivity index (χ4v) is 1.25. The van der Waals surface area contributed by atoms with Crippen molar-refractivity contribution in [1.82, 2.24) is 4.98 Å². The van der Waals surface area contributed by atoms with E-state index in [1.807, 2.05) is 30.3 Å². The summed E-state index contributed by atoms with van der Waals surface area (Å²) >= 11 is 0. The lowest BCUT2D eigenvalue weighted by Gasteiger charge is -1.97. The summed E-state index contributed by atoms with van der Waals surface area (Å²) in [6, 6.07) is 13.8. The number of hydrogen-bond acceptors (Lipinski definition) is 3. The van der Waals surface area contributed by atoms with Crippen LogP contribution in [0.5, 0.6) is 0 Å². The zero-order chi connectivity index (χ0) is 11.2. The first kappa shape index (κ1) is 10.4. The Labute approximate surface area is 94.9 Å². The highest BCUT2D eigenvalue weighted by Crippen LogP contribution is 2.02. The molecule has 0 spiro atoms. The van der Waals surface area contributed by atoms with Crippen LogP contribution in [0.1, 0.15) is 11.1 Å². The Hall–Kier alpha value is -2.16. The number of aromatic nitrogens is 1. The molecule has 0 fully saturated rings. The number of hydrogen-bond donors (Lipinski definition) is 1. The van der Waals surface area contributed by atoms with Crippen LogP contribution in [0.25, 0.3) is 0 Å². The van der Waals surface area contributed by atoms with E-state index in [4.69, 9.17) is 0 Å². The third kappa shape index (κ3) is 2.92. The number of aryl methyl sites for hydroxylation is 1. The van der Waals surface area contributed by atoms with Crippen molar-refractivity contribution >= 4 is 12.0 Å². The molecule has 0 atom stereocenters. The number of anilines is 1. The molecule has 1 aromatic carbocycles. The molecule has 0 unspecified atom stereocenters. The smallest absolute Gasteiger partial charge is 0.146 e.